The summed E-state index contributed by atoms with van der Waals surface area (Å²) < 4.78 is 2.25. The molecule has 0 N–H and O–H groups in total. The highest BCUT2D eigenvalue weighted by Gasteiger charge is 2.17. The van der Waals surface area contributed by atoms with Crippen LogP contribution in [-0.2, 0) is 0 Å². The number of hydrogen-bond acceptors (Lipinski definition) is 4. The van der Waals surface area contributed by atoms with Crippen LogP contribution >= 0.6 is 0 Å². The molecule has 0 atom stereocenters. The fraction of sp³-hybridized carbons (Fsp3) is 0. The van der Waals surface area contributed by atoms with Crippen LogP contribution in [0.5, 0.6) is 0 Å². The quantitative estimate of drug-likeness (QED) is 0.176. The molecule has 0 aliphatic carbocycles. The van der Waals surface area contributed by atoms with E-state index in [0.29, 0.717) is 17.5 Å². The summed E-state index contributed by atoms with van der Waals surface area (Å²) in [5, 5.41) is 4.88. The lowest BCUT2D eigenvalue weighted by Crippen LogP contribution is -2.02. The highest BCUT2D eigenvalue weighted by atomic mass is 15.1. The van der Waals surface area contributed by atoms with Crippen LogP contribution in [0.2, 0.25) is 0 Å². The van der Waals surface area contributed by atoms with Crippen molar-refractivity contribution in [2.75, 3.05) is 0 Å². The first-order valence-corrected chi connectivity index (χ1v) is 17.7. The van der Waals surface area contributed by atoms with Gasteiger partial charge < -0.3 is 0 Å². The predicted octanol–water partition coefficient (Wildman–Crippen LogP) is 11.9. The molecule has 3 heterocycles. The molecule has 53 heavy (non-hydrogen) atoms. The van der Waals surface area contributed by atoms with Crippen LogP contribution in [0.4, 0.5) is 0 Å². The van der Waals surface area contributed by atoms with Crippen molar-refractivity contribution >= 4 is 32.6 Å². The Hall–Kier alpha value is -7.24. The van der Waals surface area contributed by atoms with Crippen LogP contribution in [0, 0.1) is 0 Å². The second-order valence-corrected chi connectivity index (χ2v) is 13.1. The van der Waals surface area contributed by atoms with Crippen LogP contribution in [0.25, 0.3) is 94.8 Å². The molecule has 0 radical (unpaired) electrons. The van der Waals surface area contributed by atoms with E-state index in [1.165, 1.54) is 21.5 Å². The zero-order chi connectivity index (χ0) is 35.1. The van der Waals surface area contributed by atoms with Crippen molar-refractivity contribution in [3.05, 3.63) is 188 Å². The number of rotatable bonds is 6. The van der Waals surface area contributed by atoms with Crippen molar-refractivity contribution in [1.29, 1.82) is 0 Å². The van der Waals surface area contributed by atoms with Gasteiger partial charge in [-0.15, -0.1) is 0 Å². The average Bonchev–Trinajstić information content (AvgIpc) is 3.59. The molecule has 0 unspecified atom stereocenters. The van der Waals surface area contributed by atoms with Gasteiger partial charge in [-0.1, -0.05) is 146 Å². The smallest absolute Gasteiger partial charge is 0.165 e. The van der Waals surface area contributed by atoms with Gasteiger partial charge in [0.05, 0.1) is 11.0 Å². The normalized spacial score (nSPS) is 11.4. The van der Waals surface area contributed by atoms with E-state index in [-0.39, 0.29) is 0 Å². The Morgan fingerprint density at radius 3 is 1.49 bits per heavy atom. The maximum absolute atomic E-state index is 5.07. The molecule has 10 aromatic rings. The Kier molecular flexibility index (Phi) is 7.40. The van der Waals surface area contributed by atoms with E-state index in [1.807, 2.05) is 18.3 Å². The minimum Gasteiger partial charge on any atom is -0.294 e. The largest absolute Gasteiger partial charge is 0.294 e. The first-order valence-electron chi connectivity index (χ1n) is 17.7. The van der Waals surface area contributed by atoms with E-state index in [2.05, 4.69) is 174 Å². The number of nitrogens with zero attached hydrogens (tertiary/aromatic N) is 5. The molecule has 10 rings (SSSR count). The molecular weight excluding hydrogens is 647 g/mol. The van der Waals surface area contributed by atoms with Crippen molar-refractivity contribution in [2.24, 2.45) is 0 Å². The molecule has 3 aromatic heterocycles. The van der Waals surface area contributed by atoms with Gasteiger partial charge in [-0.05, 0) is 69.4 Å². The summed E-state index contributed by atoms with van der Waals surface area (Å²) in [6.45, 7) is 0. The van der Waals surface area contributed by atoms with Crippen molar-refractivity contribution in [3.63, 3.8) is 0 Å². The lowest BCUT2D eigenvalue weighted by atomic mass is 10.0. The third kappa shape index (κ3) is 5.52. The zero-order valence-corrected chi connectivity index (χ0v) is 28.6. The summed E-state index contributed by atoms with van der Waals surface area (Å²) in [6, 6.07) is 63.1. The van der Waals surface area contributed by atoms with Crippen LogP contribution < -0.4 is 0 Å². The number of fused-ring (bicyclic) bond motifs is 5. The summed E-state index contributed by atoms with van der Waals surface area (Å²) in [7, 11) is 0. The maximum Gasteiger partial charge on any atom is 0.165 e. The summed E-state index contributed by atoms with van der Waals surface area (Å²) in [5.41, 5.74) is 9.34. The van der Waals surface area contributed by atoms with Gasteiger partial charge in [-0.3, -0.25) is 4.57 Å². The molecule has 248 valence electrons. The van der Waals surface area contributed by atoms with Crippen molar-refractivity contribution in [3.8, 4) is 62.2 Å². The fourth-order valence-electron chi connectivity index (χ4n) is 7.34. The Morgan fingerprint density at radius 2 is 0.868 bits per heavy atom. The first-order chi connectivity index (χ1) is 26.3. The molecule has 5 nitrogen and oxygen atoms in total. The first kappa shape index (κ1) is 30.6. The number of aromatic nitrogens is 5. The summed E-state index contributed by atoms with van der Waals surface area (Å²) in [5.74, 6) is 2.60. The molecule has 5 heteroatoms. The standard InChI is InChI=1S/C48H31N5/c1-3-13-32(14-4-1)35-18-11-20-37(29-35)46-50-47(38-21-12-19-36(30-38)33-15-5-2-6-16-33)52-48(51-46)39-26-28-44(49-31-39)53-42-24-10-9-23-41(42)45-40-22-8-7-17-34(40)25-27-43(45)53/h1-31H. The van der Waals surface area contributed by atoms with Crippen molar-refractivity contribution < 1.29 is 0 Å². The Bertz CT molecular complexity index is 2830. The van der Waals surface area contributed by atoms with Gasteiger partial charge in [0.15, 0.2) is 17.5 Å². The second kappa shape index (κ2) is 12.8. The van der Waals surface area contributed by atoms with Crippen molar-refractivity contribution in [2.45, 2.75) is 0 Å². The fourth-order valence-corrected chi connectivity index (χ4v) is 7.34. The van der Waals surface area contributed by atoms with E-state index in [4.69, 9.17) is 19.9 Å². The zero-order valence-electron chi connectivity index (χ0n) is 28.6. The predicted molar refractivity (Wildman–Crippen MR) is 217 cm³/mol. The number of hydrogen-bond donors (Lipinski definition) is 0. The second-order valence-electron chi connectivity index (χ2n) is 13.1. The highest BCUT2D eigenvalue weighted by Crippen LogP contribution is 2.37. The van der Waals surface area contributed by atoms with Gasteiger partial charge in [0.25, 0.3) is 0 Å². The Labute approximate surface area is 306 Å². The van der Waals surface area contributed by atoms with Gasteiger partial charge >= 0.3 is 0 Å². The lowest BCUT2D eigenvalue weighted by molar-refractivity contribution is 1.05. The van der Waals surface area contributed by atoms with E-state index in [0.717, 1.165) is 55.8 Å². The molecule has 0 saturated carbocycles. The van der Waals surface area contributed by atoms with Gasteiger partial charge in [0.2, 0.25) is 0 Å². The van der Waals surface area contributed by atoms with E-state index in [9.17, 15) is 0 Å². The van der Waals surface area contributed by atoms with Crippen LogP contribution in [0.1, 0.15) is 0 Å². The third-order valence-electron chi connectivity index (χ3n) is 9.89. The highest BCUT2D eigenvalue weighted by molar-refractivity contribution is 6.21. The van der Waals surface area contributed by atoms with Crippen molar-refractivity contribution in [1.82, 2.24) is 24.5 Å². The van der Waals surface area contributed by atoms with Crippen LogP contribution in [0.3, 0.4) is 0 Å². The molecule has 7 aromatic carbocycles. The van der Waals surface area contributed by atoms with Gasteiger partial charge in [0.1, 0.15) is 5.82 Å². The van der Waals surface area contributed by atoms with Gasteiger partial charge in [-0.25, -0.2) is 19.9 Å². The summed E-state index contributed by atoms with van der Waals surface area (Å²) >= 11 is 0. The van der Waals surface area contributed by atoms with Crippen LogP contribution in [0.15, 0.2) is 188 Å². The molecule has 0 amide bonds. The molecule has 0 aliphatic heterocycles. The summed E-state index contributed by atoms with van der Waals surface area (Å²) in [4.78, 5) is 20.3. The monoisotopic (exact) mass is 677 g/mol. The SMILES string of the molecule is c1ccc(-c2cccc(-c3nc(-c4ccc(-n5c6ccccc6c6c7ccccc7ccc65)nc4)nc(-c4cccc(-c5ccccc5)c4)n3)c2)cc1. The van der Waals surface area contributed by atoms with Gasteiger partial charge in [-0.2, -0.15) is 0 Å². The van der Waals surface area contributed by atoms with E-state index < -0.39 is 0 Å². The van der Waals surface area contributed by atoms with Gasteiger partial charge in [0, 0.05) is 33.7 Å². The topological polar surface area (TPSA) is 56.5 Å². The van der Waals surface area contributed by atoms with Crippen LogP contribution in [-0.4, -0.2) is 24.5 Å². The maximum atomic E-state index is 5.07. The molecule has 0 fully saturated rings. The van der Waals surface area contributed by atoms with E-state index >= 15 is 0 Å². The minimum atomic E-state index is 0.562. The average molecular weight is 678 g/mol. The van der Waals surface area contributed by atoms with E-state index in [1.54, 1.807) is 0 Å². The minimum absolute atomic E-state index is 0.562. The lowest BCUT2D eigenvalue weighted by Gasteiger charge is -2.11. The number of para-hydroxylation sites is 1. The number of benzene rings is 7. The molecule has 0 spiro atoms. The Balaban J connectivity index is 1.11. The Morgan fingerprint density at radius 1 is 0.340 bits per heavy atom. The third-order valence-corrected chi connectivity index (χ3v) is 9.89. The summed E-state index contributed by atoms with van der Waals surface area (Å²) in [6.07, 6.45) is 1.88. The molecule has 0 bridgehead atoms. The molecular formula is C48H31N5. The molecule has 0 saturated heterocycles. The molecule has 0 aliphatic rings. The number of pyridine rings is 1.